The summed E-state index contributed by atoms with van der Waals surface area (Å²) in [6, 6.07) is 15.0. The number of nitrogens with zero attached hydrogens (tertiary/aromatic N) is 3. The van der Waals surface area contributed by atoms with Gasteiger partial charge in [-0.2, -0.15) is 4.57 Å². The normalized spacial score (nSPS) is 10.8. The molecule has 0 aliphatic rings. The molecule has 0 saturated carbocycles. The molecule has 0 aliphatic heterocycles. The lowest BCUT2D eigenvalue weighted by Crippen LogP contribution is -2.37. The van der Waals surface area contributed by atoms with E-state index in [1.807, 2.05) is 77.1 Å². The summed E-state index contributed by atoms with van der Waals surface area (Å²) < 4.78 is 20.2. The molecule has 0 fully saturated rings. The minimum absolute atomic E-state index is 0.0470. The number of pyridine rings is 1. The van der Waals surface area contributed by atoms with E-state index in [0.717, 1.165) is 22.4 Å². The Morgan fingerprint density at radius 3 is 2.29 bits per heavy atom. The summed E-state index contributed by atoms with van der Waals surface area (Å²) in [4.78, 5) is 17.4. The number of methoxy groups -OCH3 is 3. The van der Waals surface area contributed by atoms with Gasteiger partial charge in [0.2, 0.25) is 18.1 Å². The van der Waals surface area contributed by atoms with Crippen molar-refractivity contribution in [3.63, 3.8) is 0 Å². The molecule has 2 aromatic carbocycles. The van der Waals surface area contributed by atoms with Crippen molar-refractivity contribution < 1.29 is 23.6 Å². The van der Waals surface area contributed by atoms with Crippen molar-refractivity contribution in [2.75, 3.05) is 21.3 Å². The summed E-state index contributed by atoms with van der Waals surface area (Å²) in [6.45, 7) is 0.246. The lowest BCUT2D eigenvalue weighted by Gasteiger charge is -2.14. The maximum absolute atomic E-state index is 12.6. The van der Waals surface area contributed by atoms with Crippen LogP contribution in [0.15, 0.2) is 60.9 Å². The van der Waals surface area contributed by atoms with Crippen molar-refractivity contribution >= 4 is 16.8 Å². The standard InChI is InChI=1S/C24H24N3O4/c1-26-19-10-11-27(15-20(28)16-8-6-5-7-9-16)14-18(19)25-24(26)17-12-21(29-2)23(31-4)22(13-17)30-3/h5-14H,15H2,1-4H3/q+1. The van der Waals surface area contributed by atoms with Crippen LogP contribution in [-0.4, -0.2) is 36.7 Å². The highest BCUT2D eigenvalue weighted by Crippen LogP contribution is 2.41. The molecular formula is C24H24N3O4+. The lowest BCUT2D eigenvalue weighted by molar-refractivity contribution is -0.681. The van der Waals surface area contributed by atoms with Gasteiger partial charge in [-0.05, 0) is 12.1 Å². The van der Waals surface area contributed by atoms with Crippen molar-refractivity contribution in [3.8, 4) is 28.6 Å². The summed E-state index contributed by atoms with van der Waals surface area (Å²) in [6.07, 6.45) is 3.78. The first-order valence-electron chi connectivity index (χ1n) is 9.80. The first-order valence-corrected chi connectivity index (χ1v) is 9.80. The second-order valence-electron chi connectivity index (χ2n) is 7.09. The van der Waals surface area contributed by atoms with E-state index < -0.39 is 0 Å². The zero-order valence-electron chi connectivity index (χ0n) is 18.0. The van der Waals surface area contributed by atoms with Crippen LogP contribution in [0.2, 0.25) is 0 Å². The number of fused-ring (bicyclic) bond motifs is 1. The van der Waals surface area contributed by atoms with Crippen LogP contribution < -0.4 is 18.8 Å². The Labute approximate surface area is 180 Å². The SMILES string of the molecule is COc1cc(-c2nc3c[n+](CC(=O)c4ccccc4)ccc3n2C)cc(OC)c1OC. The van der Waals surface area contributed by atoms with E-state index >= 15 is 0 Å². The molecule has 0 atom stereocenters. The number of Topliss-reactive ketones (excluding diaryl/α,β-unsaturated/α-hetero) is 1. The third-order valence-corrected chi connectivity index (χ3v) is 5.22. The van der Waals surface area contributed by atoms with Crippen molar-refractivity contribution in [2.45, 2.75) is 6.54 Å². The molecule has 7 heteroatoms. The van der Waals surface area contributed by atoms with E-state index in [1.54, 1.807) is 21.3 Å². The fourth-order valence-corrected chi connectivity index (χ4v) is 3.64. The van der Waals surface area contributed by atoms with Crippen LogP contribution in [0.1, 0.15) is 10.4 Å². The van der Waals surface area contributed by atoms with Gasteiger partial charge in [0.15, 0.2) is 29.4 Å². The molecule has 0 spiro atoms. The highest BCUT2D eigenvalue weighted by atomic mass is 16.5. The molecule has 158 valence electrons. The molecule has 0 unspecified atom stereocenters. The summed E-state index contributed by atoms with van der Waals surface area (Å²) in [5.41, 5.74) is 3.26. The van der Waals surface area contributed by atoms with Crippen molar-refractivity contribution in [1.82, 2.24) is 9.55 Å². The molecule has 2 aromatic heterocycles. The molecule has 7 nitrogen and oxygen atoms in total. The number of imidazole rings is 1. The number of ketones is 1. The molecule has 4 rings (SSSR count). The van der Waals surface area contributed by atoms with Crippen molar-refractivity contribution in [2.24, 2.45) is 7.05 Å². The third-order valence-electron chi connectivity index (χ3n) is 5.22. The van der Waals surface area contributed by atoms with Gasteiger partial charge in [-0.1, -0.05) is 30.3 Å². The summed E-state index contributed by atoms with van der Waals surface area (Å²) in [7, 11) is 6.70. The van der Waals surface area contributed by atoms with Crippen LogP contribution in [0, 0.1) is 0 Å². The fourth-order valence-electron chi connectivity index (χ4n) is 3.64. The number of aryl methyl sites for hydroxylation is 1. The Morgan fingerprint density at radius 2 is 1.68 bits per heavy atom. The molecule has 0 amide bonds. The number of rotatable bonds is 7. The fraction of sp³-hybridized carbons (Fsp3) is 0.208. The first-order chi connectivity index (χ1) is 15.0. The van der Waals surface area contributed by atoms with Crippen LogP contribution >= 0.6 is 0 Å². The molecular weight excluding hydrogens is 394 g/mol. The smallest absolute Gasteiger partial charge is 0.227 e. The van der Waals surface area contributed by atoms with Gasteiger partial charge in [0.1, 0.15) is 5.82 Å². The number of hydrogen-bond donors (Lipinski definition) is 0. The minimum Gasteiger partial charge on any atom is -0.493 e. The maximum atomic E-state index is 12.6. The number of hydrogen-bond acceptors (Lipinski definition) is 5. The second kappa shape index (κ2) is 8.47. The van der Waals surface area contributed by atoms with E-state index in [2.05, 4.69) is 0 Å². The molecule has 0 bridgehead atoms. The summed E-state index contributed by atoms with van der Waals surface area (Å²) in [5, 5.41) is 0. The number of benzene rings is 2. The van der Waals surface area contributed by atoms with E-state index in [1.165, 1.54) is 0 Å². The highest BCUT2D eigenvalue weighted by Gasteiger charge is 2.20. The molecule has 0 N–H and O–H groups in total. The van der Waals surface area contributed by atoms with Crippen LogP contribution in [0.5, 0.6) is 17.2 Å². The maximum Gasteiger partial charge on any atom is 0.227 e. The van der Waals surface area contributed by atoms with Crippen LogP contribution in [-0.2, 0) is 13.6 Å². The Balaban J connectivity index is 1.72. The third kappa shape index (κ3) is 3.82. The average Bonchev–Trinajstić information content (AvgIpc) is 3.14. The predicted molar refractivity (Wildman–Crippen MR) is 117 cm³/mol. The minimum atomic E-state index is 0.0470. The van der Waals surface area contributed by atoms with Crippen molar-refractivity contribution in [3.05, 3.63) is 66.5 Å². The summed E-state index contributed by atoms with van der Waals surface area (Å²) in [5.74, 6) is 2.46. The number of ether oxygens (including phenoxy) is 3. The van der Waals surface area contributed by atoms with E-state index in [0.29, 0.717) is 22.8 Å². The zero-order valence-corrected chi connectivity index (χ0v) is 18.0. The highest BCUT2D eigenvalue weighted by molar-refractivity contribution is 5.95. The Morgan fingerprint density at radius 1 is 1.00 bits per heavy atom. The van der Waals surface area contributed by atoms with Gasteiger partial charge in [0, 0.05) is 24.2 Å². The van der Waals surface area contributed by atoms with Crippen LogP contribution in [0.3, 0.4) is 0 Å². The van der Waals surface area contributed by atoms with Gasteiger partial charge in [-0.3, -0.25) is 4.79 Å². The van der Waals surface area contributed by atoms with Gasteiger partial charge in [-0.25, -0.2) is 4.98 Å². The topological polar surface area (TPSA) is 66.5 Å². The van der Waals surface area contributed by atoms with Crippen LogP contribution in [0.25, 0.3) is 22.4 Å². The zero-order chi connectivity index (χ0) is 22.0. The van der Waals surface area contributed by atoms with Crippen LogP contribution in [0.4, 0.5) is 0 Å². The Bertz CT molecular complexity index is 1220. The van der Waals surface area contributed by atoms with Gasteiger partial charge in [0.05, 0.1) is 26.8 Å². The number of aromatic nitrogens is 3. The molecule has 0 aliphatic carbocycles. The first kappa shape index (κ1) is 20.4. The van der Waals surface area contributed by atoms with Gasteiger partial charge < -0.3 is 18.8 Å². The predicted octanol–water partition coefficient (Wildman–Crippen LogP) is 3.44. The monoisotopic (exact) mass is 418 g/mol. The van der Waals surface area contributed by atoms with E-state index in [-0.39, 0.29) is 12.3 Å². The quantitative estimate of drug-likeness (QED) is 0.340. The van der Waals surface area contributed by atoms with Gasteiger partial charge >= 0.3 is 0 Å². The van der Waals surface area contributed by atoms with Gasteiger partial charge in [0.25, 0.3) is 0 Å². The van der Waals surface area contributed by atoms with Gasteiger partial charge in [-0.15, -0.1) is 0 Å². The van der Waals surface area contributed by atoms with Crippen molar-refractivity contribution in [1.29, 1.82) is 0 Å². The Kier molecular flexibility index (Phi) is 5.58. The van der Waals surface area contributed by atoms with E-state index in [4.69, 9.17) is 19.2 Å². The number of carbonyl (C=O) groups is 1. The summed E-state index contributed by atoms with van der Waals surface area (Å²) >= 11 is 0. The molecule has 0 radical (unpaired) electrons. The van der Waals surface area contributed by atoms with E-state index in [9.17, 15) is 4.79 Å². The average molecular weight is 418 g/mol. The molecule has 0 saturated heterocycles. The molecule has 31 heavy (non-hydrogen) atoms. The lowest BCUT2D eigenvalue weighted by atomic mass is 10.1. The largest absolute Gasteiger partial charge is 0.493 e. The second-order valence-corrected chi connectivity index (χ2v) is 7.09. The number of carbonyl (C=O) groups excluding carboxylic acids is 1. The molecule has 2 heterocycles. The Hall–Kier alpha value is -3.87. The molecule has 4 aromatic rings.